The molecule has 0 N–H and O–H groups in total. The van der Waals surface area contributed by atoms with E-state index < -0.39 is 43.7 Å². The highest BCUT2D eigenvalue weighted by molar-refractivity contribution is 6.85. The summed E-state index contributed by atoms with van der Waals surface area (Å²) in [6.45, 7) is 21.9. The summed E-state index contributed by atoms with van der Waals surface area (Å²) in [5, 5.41) is 0. The summed E-state index contributed by atoms with van der Waals surface area (Å²) in [6, 6.07) is 3.10. The van der Waals surface area contributed by atoms with Gasteiger partial charge < -0.3 is 18.0 Å². The Hall–Kier alpha value is -1.01. The van der Waals surface area contributed by atoms with E-state index in [-0.39, 0.29) is 13.2 Å². The van der Waals surface area contributed by atoms with Crippen molar-refractivity contribution in [3.8, 4) is 0 Å². The molecule has 0 aliphatic heterocycles. The van der Waals surface area contributed by atoms with Gasteiger partial charge in [0.1, 0.15) is 19.3 Å². The second-order valence-electron chi connectivity index (χ2n) is 8.30. The van der Waals surface area contributed by atoms with Crippen LogP contribution < -0.4 is 0 Å². The van der Waals surface area contributed by atoms with Gasteiger partial charge in [0.15, 0.2) is 25.7 Å². The lowest BCUT2D eigenvalue weighted by atomic mass is 10.3. The molecular formula is C19H38O6Si3. The average Bonchev–Trinajstić information content (AvgIpc) is 2.60. The Balaban J connectivity index is 4.71. The van der Waals surface area contributed by atoms with E-state index in [4.69, 9.17) is 18.0 Å². The first-order valence-corrected chi connectivity index (χ1v) is 18.5. The minimum Gasteiger partial charge on any atom is -0.460 e. The van der Waals surface area contributed by atoms with Crippen LogP contribution in [0.4, 0.5) is 0 Å². The van der Waals surface area contributed by atoms with Gasteiger partial charge >= 0.3 is 11.9 Å². The molecule has 0 aromatic rings. The lowest BCUT2D eigenvalue weighted by Gasteiger charge is -2.34. The van der Waals surface area contributed by atoms with Crippen molar-refractivity contribution in [3.05, 3.63) is 24.8 Å². The SMILES string of the molecule is C=CC(=O)OCC(COC(=O)C(=C)C)O[SiH](C)CC[Si](C)(C)O[Si](C)(C)CC. The first-order chi connectivity index (χ1) is 12.8. The fraction of sp³-hybridized carbons (Fsp3) is 0.684. The van der Waals surface area contributed by atoms with Crippen LogP contribution in [0.25, 0.3) is 0 Å². The van der Waals surface area contributed by atoms with Gasteiger partial charge in [-0.25, -0.2) is 9.59 Å². The molecular weight excluding hydrogens is 408 g/mol. The van der Waals surface area contributed by atoms with E-state index in [2.05, 4.69) is 52.8 Å². The predicted molar refractivity (Wildman–Crippen MR) is 121 cm³/mol. The van der Waals surface area contributed by atoms with Gasteiger partial charge in [0.05, 0.1) is 0 Å². The first-order valence-electron chi connectivity index (χ1n) is 9.79. The van der Waals surface area contributed by atoms with Crippen molar-refractivity contribution in [3.63, 3.8) is 0 Å². The molecule has 9 heteroatoms. The summed E-state index contributed by atoms with van der Waals surface area (Å²) < 4.78 is 22.9. The molecule has 0 aromatic heterocycles. The summed E-state index contributed by atoms with van der Waals surface area (Å²) >= 11 is 0. The average molecular weight is 447 g/mol. The van der Waals surface area contributed by atoms with E-state index in [0.29, 0.717) is 5.57 Å². The maximum Gasteiger partial charge on any atom is 0.333 e. The van der Waals surface area contributed by atoms with Crippen LogP contribution in [0.15, 0.2) is 24.8 Å². The second kappa shape index (κ2) is 12.5. The van der Waals surface area contributed by atoms with Gasteiger partial charge in [0, 0.05) is 11.6 Å². The lowest BCUT2D eigenvalue weighted by Crippen LogP contribution is -2.44. The van der Waals surface area contributed by atoms with Crippen LogP contribution in [0.5, 0.6) is 0 Å². The zero-order chi connectivity index (χ0) is 22.0. The fourth-order valence-corrected chi connectivity index (χ4v) is 14.8. The molecule has 0 aliphatic rings. The van der Waals surface area contributed by atoms with Crippen molar-refractivity contribution < 1.29 is 27.6 Å². The van der Waals surface area contributed by atoms with Crippen molar-refractivity contribution in [1.29, 1.82) is 0 Å². The van der Waals surface area contributed by atoms with Crippen LogP contribution in [0.3, 0.4) is 0 Å². The van der Waals surface area contributed by atoms with Crippen molar-refractivity contribution in [2.45, 2.75) is 70.8 Å². The zero-order valence-corrected chi connectivity index (χ0v) is 21.8. The van der Waals surface area contributed by atoms with Gasteiger partial charge in [-0.05, 0) is 57.8 Å². The maximum absolute atomic E-state index is 11.6. The zero-order valence-electron chi connectivity index (χ0n) is 18.6. The molecule has 0 radical (unpaired) electrons. The van der Waals surface area contributed by atoms with Crippen LogP contribution in [-0.2, 0) is 27.6 Å². The number of ether oxygens (including phenoxy) is 2. The van der Waals surface area contributed by atoms with Crippen molar-refractivity contribution in [2.75, 3.05) is 13.2 Å². The van der Waals surface area contributed by atoms with Crippen LogP contribution in [0.2, 0.25) is 50.9 Å². The van der Waals surface area contributed by atoms with E-state index in [1.807, 2.05) is 0 Å². The Kier molecular flexibility index (Phi) is 12.1. The number of carbonyl (C=O) groups is 2. The van der Waals surface area contributed by atoms with Crippen LogP contribution >= 0.6 is 0 Å². The molecule has 0 saturated carbocycles. The molecule has 0 heterocycles. The van der Waals surface area contributed by atoms with Gasteiger partial charge in [0.25, 0.3) is 0 Å². The molecule has 0 aliphatic carbocycles. The molecule has 0 spiro atoms. The van der Waals surface area contributed by atoms with Crippen molar-refractivity contribution in [2.24, 2.45) is 0 Å². The molecule has 6 nitrogen and oxygen atoms in total. The summed E-state index contributed by atoms with van der Waals surface area (Å²) in [4.78, 5) is 23.0. The van der Waals surface area contributed by atoms with E-state index in [0.717, 1.165) is 24.2 Å². The monoisotopic (exact) mass is 446 g/mol. The van der Waals surface area contributed by atoms with Gasteiger partial charge in [-0.3, -0.25) is 0 Å². The minimum absolute atomic E-state index is 0.0266. The molecule has 0 rings (SSSR count). The minimum atomic E-state index is -1.75. The summed E-state index contributed by atoms with van der Waals surface area (Å²) in [6.07, 6.45) is 0.615. The quantitative estimate of drug-likeness (QED) is 0.228. The van der Waals surface area contributed by atoms with Gasteiger partial charge in [-0.15, -0.1) is 0 Å². The van der Waals surface area contributed by atoms with E-state index >= 15 is 0 Å². The Morgan fingerprint density at radius 2 is 1.68 bits per heavy atom. The fourth-order valence-electron chi connectivity index (χ4n) is 2.47. The van der Waals surface area contributed by atoms with E-state index in [1.54, 1.807) is 6.92 Å². The first kappa shape index (κ1) is 27.0. The standard InChI is InChI=1S/C19H38O6Si3/c1-10-18(20)22-14-17(15-23-19(21)16(3)4)24-26(5)12-13-28(8,9)25-27(6,7)11-2/h10,17,26H,1,3,11-15H2,2,4-9H3. The third-order valence-electron chi connectivity index (χ3n) is 4.31. The normalized spacial score (nSPS) is 14.1. The third-order valence-corrected chi connectivity index (χ3v) is 14.5. The largest absolute Gasteiger partial charge is 0.460 e. The van der Waals surface area contributed by atoms with Gasteiger partial charge in [-0.2, -0.15) is 0 Å². The van der Waals surface area contributed by atoms with Crippen molar-refractivity contribution >= 4 is 37.6 Å². The van der Waals surface area contributed by atoms with Gasteiger partial charge in [0.2, 0.25) is 0 Å². The Morgan fingerprint density at radius 3 is 2.18 bits per heavy atom. The number of hydrogen-bond acceptors (Lipinski definition) is 6. The van der Waals surface area contributed by atoms with Gasteiger partial charge in [-0.1, -0.05) is 20.1 Å². The summed E-state index contributed by atoms with van der Waals surface area (Å²) in [5.41, 5.74) is 0.319. The van der Waals surface area contributed by atoms with E-state index in [1.165, 1.54) is 0 Å². The van der Waals surface area contributed by atoms with E-state index in [9.17, 15) is 9.59 Å². The second-order valence-corrected chi connectivity index (χ2v) is 19.8. The number of carbonyl (C=O) groups excluding carboxylic acids is 2. The molecule has 2 atom stereocenters. The Morgan fingerprint density at radius 1 is 1.11 bits per heavy atom. The molecule has 0 saturated heterocycles. The number of hydrogen-bond donors (Lipinski definition) is 0. The highest BCUT2D eigenvalue weighted by Crippen LogP contribution is 2.23. The third kappa shape index (κ3) is 12.4. The summed E-state index contributed by atoms with van der Waals surface area (Å²) in [7, 11) is -4.88. The highest BCUT2D eigenvalue weighted by atomic mass is 28.4. The number of esters is 2. The maximum atomic E-state index is 11.6. The molecule has 0 bridgehead atoms. The predicted octanol–water partition coefficient (Wildman–Crippen LogP) is 4.02. The molecule has 0 amide bonds. The Bertz CT molecular complexity index is 548. The molecule has 28 heavy (non-hydrogen) atoms. The molecule has 162 valence electrons. The van der Waals surface area contributed by atoms with Crippen LogP contribution in [-0.4, -0.2) is 56.9 Å². The van der Waals surface area contributed by atoms with Crippen molar-refractivity contribution in [1.82, 2.24) is 0 Å². The highest BCUT2D eigenvalue weighted by Gasteiger charge is 2.32. The van der Waals surface area contributed by atoms with Crippen LogP contribution in [0, 0.1) is 0 Å². The number of rotatable bonds is 14. The smallest absolute Gasteiger partial charge is 0.333 e. The molecule has 0 aromatic carbocycles. The topological polar surface area (TPSA) is 71.1 Å². The summed E-state index contributed by atoms with van der Waals surface area (Å²) in [5.74, 6) is -1.01. The molecule has 0 fully saturated rings. The Labute approximate surface area is 174 Å². The van der Waals surface area contributed by atoms with Crippen LogP contribution in [0.1, 0.15) is 13.8 Å². The lowest BCUT2D eigenvalue weighted by molar-refractivity contribution is -0.145. The molecule has 2 unspecified atom stereocenters.